The summed E-state index contributed by atoms with van der Waals surface area (Å²) in [5.74, 6) is -0.895. The topological polar surface area (TPSA) is 59.0 Å². The van der Waals surface area contributed by atoms with Crippen LogP contribution in [0.2, 0.25) is 10.0 Å². The molecule has 0 unspecified atom stereocenters. The maximum Gasteiger partial charge on any atom is 0.238 e. The van der Waals surface area contributed by atoms with Gasteiger partial charge in [-0.05, 0) is 36.6 Å². The summed E-state index contributed by atoms with van der Waals surface area (Å²) in [5, 5.41) is 5.40. The van der Waals surface area contributed by atoms with Crippen molar-refractivity contribution in [1.82, 2.24) is 0 Å². The van der Waals surface area contributed by atoms with Gasteiger partial charge in [0.25, 0.3) is 0 Å². The molecular formula is C22H16Cl2N2O3. The Hall–Kier alpha value is -2.37. The predicted octanol–water partition coefficient (Wildman–Crippen LogP) is 4.17. The fourth-order valence-electron chi connectivity index (χ4n) is 5.88. The first-order valence-electron chi connectivity index (χ1n) is 9.68. The minimum absolute atomic E-state index is 0.00696. The SMILES string of the molecule is O=C1[C@@H]2[C@H]3C[C@@H]([C@@H]4C(c5ccc(Cl)cc5Cl)=NO[C@H]34)[C@@H]2C(=O)N1c1ccccc1. The van der Waals surface area contributed by atoms with Gasteiger partial charge in [-0.1, -0.05) is 52.6 Å². The lowest BCUT2D eigenvalue weighted by Crippen LogP contribution is -2.41. The molecule has 2 aromatic carbocycles. The molecule has 2 aliphatic carbocycles. The van der Waals surface area contributed by atoms with Crippen molar-refractivity contribution < 1.29 is 14.4 Å². The number of carbonyl (C=O) groups excluding carboxylic acids is 2. The number of oxime groups is 1. The van der Waals surface area contributed by atoms with Crippen LogP contribution < -0.4 is 4.90 Å². The summed E-state index contributed by atoms with van der Waals surface area (Å²) >= 11 is 12.5. The quantitative estimate of drug-likeness (QED) is 0.677. The number of halogens is 2. The molecular weight excluding hydrogens is 411 g/mol. The molecule has 0 N–H and O–H groups in total. The lowest BCUT2D eigenvalue weighted by atomic mass is 9.71. The van der Waals surface area contributed by atoms with Crippen LogP contribution in [0.25, 0.3) is 0 Å². The third kappa shape index (κ3) is 2.26. The molecule has 6 rings (SSSR count). The average molecular weight is 427 g/mol. The summed E-state index contributed by atoms with van der Waals surface area (Å²) in [6.07, 6.45) is 0.616. The Bertz CT molecular complexity index is 1090. The Morgan fingerprint density at radius 3 is 2.38 bits per heavy atom. The molecule has 2 bridgehead atoms. The second-order valence-electron chi connectivity index (χ2n) is 8.16. The zero-order chi connectivity index (χ0) is 19.9. The largest absolute Gasteiger partial charge is 0.391 e. The van der Waals surface area contributed by atoms with Gasteiger partial charge in [-0.25, -0.2) is 0 Å². The molecule has 146 valence electrons. The second kappa shape index (κ2) is 6.07. The van der Waals surface area contributed by atoms with E-state index in [0.717, 1.165) is 17.7 Å². The molecule has 3 fully saturated rings. The van der Waals surface area contributed by atoms with E-state index in [2.05, 4.69) is 5.16 Å². The van der Waals surface area contributed by atoms with Crippen molar-refractivity contribution in [1.29, 1.82) is 0 Å². The maximum atomic E-state index is 13.3. The minimum Gasteiger partial charge on any atom is -0.391 e. The van der Waals surface area contributed by atoms with Crippen LogP contribution in [0.4, 0.5) is 5.69 Å². The maximum absolute atomic E-state index is 13.3. The van der Waals surface area contributed by atoms with Crippen LogP contribution in [0.15, 0.2) is 53.7 Å². The van der Waals surface area contributed by atoms with Crippen molar-refractivity contribution in [2.24, 2.45) is 34.7 Å². The molecule has 2 aliphatic heterocycles. The summed E-state index contributed by atoms with van der Waals surface area (Å²) in [6.45, 7) is 0. The van der Waals surface area contributed by atoms with Gasteiger partial charge in [0.1, 0.15) is 6.10 Å². The van der Waals surface area contributed by atoms with Gasteiger partial charge in [-0.15, -0.1) is 0 Å². The van der Waals surface area contributed by atoms with Gasteiger partial charge in [-0.2, -0.15) is 0 Å². The Balaban J connectivity index is 1.37. The number of hydrogen-bond acceptors (Lipinski definition) is 4. The van der Waals surface area contributed by atoms with Crippen molar-refractivity contribution in [3.8, 4) is 0 Å². The number of nitrogens with zero attached hydrogens (tertiary/aromatic N) is 2. The molecule has 5 nitrogen and oxygen atoms in total. The molecule has 29 heavy (non-hydrogen) atoms. The number of para-hydroxylation sites is 1. The Morgan fingerprint density at radius 1 is 0.931 bits per heavy atom. The van der Waals surface area contributed by atoms with Crippen molar-refractivity contribution in [2.45, 2.75) is 12.5 Å². The lowest BCUT2D eigenvalue weighted by molar-refractivity contribution is -0.125. The van der Waals surface area contributed by atoms with Gasteiger partial charge in [0.15, 0.2) is 0 Å². The molecule has 0 spiro atoms. The first kappa shape index (κ1) is 17.5. The van der Waals surface area contributed by atoms with E-state index in [4.69, 9.17) is 28.0 Å². The number of fused-ring (bicyclic) bond motifs is 8. The third-order valence-corrected chi connectivity index (χ3v) is 7.46. The molecule has 6 atom stereocenters. The van der Waals surface area contributed by atoms with E-state index in [1.165, 1.54) is 4.90 Å². The Morgan fingerprint density at radius 2 is 1.66 bits per heavy atom. The van der Waals surface area contributed by atoms with E-state index in [1.54, 1.807) is 24.3 Å². The molecule has 2 aromatic rings. The van der Waals surface area contributed by atoms with Crippen LogP contribution >= 0.6 is 23.2 Å². The first-order valence-corrected chi connectivity index (χ1v) is 10.4. The molecule has 0 aromatic heterocycles. The van der Waals surface area contributed by atoms with Crippen LogP contribution in [-0.2, 0) is 14.4 Å². The van der Waals surface area contributed by atoms with Gasteiger partial charge in [-0.3, -0.25) is 14.5 Å². The van der Waals surface area contributed by atoms with Crippen LogP contribution in [0.5, 0.6) is 0 Å². The molecule has 2 saturated carbocycles. The number of benzene rings is 2. The van der Waals surface area contributed by atoms with E-state index in [1.807, 2.05) is 24.3 Å². The number of amides is 2. The summed E-state index contributed by atoms with van der Waals surface area (Å²) < 4.78 is 0. The van der Waals surface area contributed by atoms with Crippen LogP contribution in [-0.4, -0.2) is 23.6 Å². The van der Waals surface area contributed by atoms with Gasteiger partial charge in [0, 0.05) is 22.4 Å². The fourth-order valence-corrected chi connectivity index (χ4v) is 6.38. The van der Waals surface area contributed by atoms with E-state index in [9.17, 15) is 9.59 Å². The van der Waals surface area contributed by atoms with Crippen molar-refractivity contribution in [2.75, 3.05) is 4.90 Å². The highest BCUT2D eigenvalue weighted by molar-refractivity contribution is 6.37. The Kier molecular flexibility index (Phi) is 3.66. The molecule has 4 aliphatic rings. The zero-order valence-corrected chi connectivity index (χ0v) is 16.7. The van der Waals surface area contributed by atoms with Gasteiger partial charge < -0.3 is 4.84 Å². The molecule has 2 heterocycles. The van der Waals surface area contributed by atoms with E-state index in [-0.39, 0.29) is 47.5 Å². The summed E-state index contributed by atoms with van der Waals surface area (Å²) in [4.78, 5) is 33.7. The lowest BCUT2D eigenvalue weighted by Gasteiger charge is -2.30. The molecule has 1 saturated heterocycles. The van der Waals surface area contributed by atoms with Crippen LogP contribution in [0, 0.1) is 29.6 Å². The van der Waals surface area contributed by atoms with Gasteiger partial charge >= 0.3 is 0 Å². The molecule has 0 radical (unpaired) electrons. The van der Waals surface area contributed by atoms with Crippen molar-refractivity contribution in [3.63, 3.8) is 0 Å². The highest BCUT2D eigenvalue weighted by Gasteiger charge is 2.70. The van der Waals surface area contributed by atoms with E-state index >= 15 is 0 Å². The predicted molar refractivity (Wildman–Crippen MR) is 109 cm³/mol. The number of carbonyl (C=O) groups is 2. The summed E-state index contributed by atoms with van der Waals surface area (Å²) in [7, 11) is 0. The summed E-state index contributed by atoms with van der Waals surface area (Å²) in [5.41, 5.74) is 2.18. The third-order valence-electron chi connectivity index (χ3n) is 6.91. The number of imide groups is 1. The number of hydrogen-bond donors (Lipinski definition) is 0. The monoisotopic (exact) mass is 426 g/mol. The zero-order valence-electron chi connectivity index (χ0n) is 15.2. The van der Waals surface area contributed by atoms with E-state index < -0.39 is 0 Å². The molecule has 7 heteroatoms. The minimum atomic E-state index is -0.329. The highest BCUT2D eigenvalue weighted by Crippen LogP contribution is 2.62. The van der Waals surface area contributed by atoms with Crippen LogP contribution in [0.1, 0.15) is 12.0 Å². The number of anilines is 1. The fraction of sp³-hybridized carbons (Fsp3) is 0.318. The van der Waals surface area contributed by atoms with Crippen molar-refractivity contribution in [3.05, 3.63) is 64.1 Å². The normalized spacial score (nSPS) is 34.3. The molecule has 2 amide bonds. The highest BCUT2D eigenvalue weighted by atomic mass is 35.5. The summed E-state index contributed by atoms with van der Waals surface area (Å²) in [6, 6.07) is 14.5. The average Bonchev–Trinajstić information content (AvgIpc) is 3.43. The second-order valence-corrected chi connectivity index (χ2v) is 9.00. The van der Waals surface area contributed by atoms with Gasteiger partial charge in [0.2, 0.25) is 11.8 Å². The van der Waals surface area contributed by atoms with E-state index in [0.29, 0.717) is 15.7 Å². The van der Waals surface area contributed by atoms with Gasteiger partial charge in [0.05, 0.1) is 28.3 Å². The first-order chi connectivity index (χ1) is 14.1. The van der Waals surface area contributed by atoms with Crippen LogP contribution in [0.3, 0.4) is 0 Å². The van der Waals surface area contributed by atoms with Crippen molar-refractivity contribution >= 4 is 46.4 Å². The Labute approximate surface area is 177 Å². The smallest absolute Gasteiger partial charge is 0.238 e. The standard InChI is InChI=1S/C22H16Cl2N2O3/c23-10-6-7-12(15(24)8-10)19-18-13-9-14(20(18)29-25-19)17-16(13)21(27)26(22(17)28)11-4-2-1-3-5-11/h1-8,13-14,16-18,20H,9H2/t13-,14-,16+,17-,18-,20-/m1/s1. The number of rotatable bonds is 2.